The Morgan fingerprint density at radius 1 is 1.37 bits per heavy atom. The van der Waals surface area contributed by atoms with Crippen LogP contribution in [0.1, 0.15) is 27.5 Å². The lowest BCUT2D eigenvalue weighted by atomic mass is 9.94. The minimum absolute atomic E-state index is 0.239. The highest BCUT2D eigenvalue weighted by molar-refractivity contribution is 9.10. The van der Waals surface area contributed by atoms with Crippen LogP contribution in [-0.4, -0.2) is 10.8 Å². The van der Waals surface area contributed by atoms with Gasteiger partial charge in [-0.25, -0.2) is 0 Å². The van der Waals surface area contributed by atoms with Crippen LogP contribution in [0.2, 0.25) is 0 Å². The van der Waals surface area contributed by atoms with Crippen LogP contribution < -0.4 is 0 Å². The maximum atomic E-state index is 12.5. The molecule has 0 saturated heterocycles. The second-order valence-corrected chi connectivity index (χ2v) is 5.02. The third kappa shape index (κ3) is 2.88. The summed E-state index contributed by atoms with van der Waals surface area (Å²) in [6.07, 6.45) is 1.58. The van der Waals surface area contributed by atoms with Crippen molar-refractivity contribution in [2.45, 2.75) is 12.8 Å². The summed E-state index contributed by atoms with van der Waals surface area (Å²) in [6, 6.07) is 12.7. The van der Waals surface area contributed by atoms with E-state index in [9.17, 15) is 10.1 Å². The number of aromatic nitrogens is 1. The lowest BCUT2D eigenvalue weighted by Gasteiger charge is -2.09. The molecular formula is C15H11BrN2O. The first-order valence-electron chi connectivity index (χ1n) is 5.74. The van der Waals surface area contributed by atoms with Crippen molar-refractivity contribution in [3.8, 4) is 6.07 Å². The number of aryl methyl sites for hydroxylation is 1. The third-order valence-corrected chi connectivity index (χ3v) is 3.45. The van der Waals surface area contributed by atoms with Crippen LogP contribution in [0.5, 0.6) is 0 Å². The lowest BCUT2D eigenvalue weighted by Crippen LogP contribution is -2.13. The zero-order chi connectivity index (χ0) is 13.8. The molecule has 0 spiro atoms. The number of ketones is 1. The summed E-state index contributed by atoms with van der Waals surface area (Å²) in [7, 11) is 0. The van der Waals surface area contributed by atoms with Gasteiger partial charge in [0.2, 0.25) is 0 Å². The second kappa shape index (κ2) is 5.77. The molecule has 0 fully saturated rings. The Bertz CT molecular complexity index is 647. The van der Waals surface area contributed by atoms with Crippen molar-refractivity contribution < 1.29 is 4.79 Å². The maximum Gasteiger partial charge on any atom is 0.187 e. The van der Waals surface area contributed by atoms with Crippen LogP contribution >= 0.6 is 15.9 Å². The molecule has 1 atom stereocenters. The van der Waals surface area contributed by atoms with Gasteiger partial charge in [-0.05, 0) is 31.2 Å². The molecule has 1 heterocycles. The van der Waals surface area contributed by atoms with E-state index in [-0.39, 0.29) is 5.78 Å². The van der Waals surface area contributed by atoms with Crippen molar-refractivity contribution in [2.24, 2.45) is 0 Å². The largest absolute Gasteiger partial charge is 0.292 e. The van der Waals surface area contributed by atoms with Crippen LogP contribution in [0, 0.1) is 18.3 Å². The van der Waals surface area contributed by atoms with Crippen molar-refractivity contribution in [3.63, 3.8) is 0 Å². The summed E-state index contributed by atoms with van der Waals surface area (Å²) >= 11 is 3.35. The van der Waals surface area contributed by atoms with Gasteiger partial charge >= 0.3 is 0 Å². The number of hydrogen-bond donors (Lipinski definition) is 0. The standard InChI is InChI=1S/C15H11BrN2O/c1-10-5-6-13(16)11(8-10)15(19)12(9-17)14-4-2-3-7-18-14/h2-8,12H,1H3. The number of benzene rings is 1. The minimum atomic E-state index is -0.876. The summed E-state index contributed by atoms with van der Waals surface area (Å²) in [6.45, 7) is 1.91. The number of carbonyl (C=O) groups excluding carboxylic acids is 1. The molecule has 94 valence electrons. The van der Waals surface area contributed by atoms with Gasteiger partial charge in [-0.3, -0.25) is 9.78 Å². The first kappa shape index (κ1) is 13.4. The van der Waals surface area contributed by atoms with Crippen molar-refractivity contribution >= 4 is 21.7 Å². The molecule has 4 heteroatoms. The second-order valence-electron chi connectivity index (χ2n) is 4.16. The molecule has 0 aliphatic carbocycles. The van der Waals surface area contributed by atoms with Crippen LogP contribution in [0.4, 0.5) is 0 Å². The predicted molar refractivity (Wildman–Crippen MR) is 75.8 cm³/mol. The monoisotopic (exact) mass is 314 g/mol. The highest BCUT2D eigenvalue weighted by Gasteiger charge is 2.24. The summed E-state index contributed by atoms with van der Waals surface area (Å²) in [5.41, 5.74) is 1.96. The zero-order valence-corrected chi connectivity index (χ0v) is 11.9. The Kier molecular flexibility index (Phi) is 4.08. The van der Waals surface area contributed by atoms with E-state index in [1.165, 1.54) is 0 Å². The van der Waals surface area contributed by atoms with Crippen molar-refractivity contribution in [1.82, 2.24) is 4.98 Å². The first-order chi connectivity index (χ1) is 9.13. The molecule has 2 rings (SSSR count). The highest BCUT2D eigenvalue weighted by atomic mass is 79.9. The van der Waals surface area contributed by atoms with Gasteiger partial charge in [0.1, 0.15) is 0 Å². The van der Waals surface area contributed by atoms with Gasteiger partial charge in [-0.2, -0.15) is 5.26 Å². The number of Topliss-reactive ketones (excluding diaryl/α,β-unsaturated/α-hetero) is 1. The van der Waals surface area contributed by atoms with Crippen molar-refractivity contribution in [1.29, 1.82) is 5.26 Å². The number of hydrogen-bond acceptors (Lipinski definition) is 3. The topological polar surface area (TPSA) is 53.8 Å². The first-order valence-corrected chi connectivity index (χ1v) is 6.53. The molecule has 0 aliphatic rings. The fourth-order valence-corrected chi connectivity index (χ4v) is 2.23. The smallest absolute Gasteiger partial charge is 0.187 e. The normalized spacial score (nSPS) is 11.6. The van der Waals surface area contributed by atoms with E-state index in [0.29, 0.717) is 15.7 Å². The average molecular weight is 315 g/mol. The third-order valence-electron chi connectivity index (χ3n) is 2.76. The summed E-state index contributed by atoms with van der Waals surface area (Å²) in [4.78, 5) is 16.5. The molecular weight excluding hydrogens is 304 g/mol. The number of rotatable bonds is 3. The van der Waals surface area contributed by atoms with E-state index in [0.717, 1.165) is 5.56 Å². The molecule has 0 saturated carbocycles. The summed E-state index contributed by atoms with van der Waals surface area (Å²) in [5.74, 6) is -1.11. The number of nitrogens with zero attached hydrogens (tertiary/aromatic N) is 2. The molecule has 1 unspecified atom stereocenters. The summed E-state index contributed by atoms with van der Waals surface area (Å²) < 4.78 is 0.694. The van der Waals surface area contributed by atoms with Gasteiger partial charge in [0.15, 0.2) is 11.7 Å². The summed E-state index contributed by atoms with van der Waals surface area (Å²) in [5, 5.41) is 9.25. The van der Waals surface area contributed by atoms with Crippen LogP contribution in [0.25, 0.3) is 0 Å². The quantitative estimate of drug-likeness (QED) is 0.813. The fraction of sp³-hybridized carbons (Fsp3) is 0.133. The Morgan fingerprint density at radius 3 is 2.79 bits per heavy atom. The van der Waals surface area contributed by atoms with E-state index in [4.69, 9.17) is 0 Å². The molecule has 0 amide bonds. The van der Waals surface area contributed by atoms with Gasteiger partial charge in [-0.15, -0.1) is 0 Å². The molecule has 1 aromatic heterocycles. The van der Waals surface area contributed by atoms with Gasteiger partial charge in [-0.1, -0.05) is 33.6 Å². The SMILES string of the molecule is Cc1ccc(Br)c(C(=O)C(C#N)c2ccccn2)c1. The number of carbonyl (C=O) groups is 1. The van der Waals surface area contributed by atoms with Gasteiger partial charge in [0.05, 0.1) is 11.8 Å². The average Bonchev–Trinajstić information content (AvgIpc) is 2.43. The lowest BCUT2D eigenvalue weighted by molar-refractivity contribution is 0.0977. The number of nitriles is 1. The molecule has 19 heavy (non-hydrogen) atoms. The molecule has 0 N–H and O–H groups in total. The Labute approximate surface area is 120 Å². The van der Waals surface area contributed by atoms with E-state index in [1.807, 2.05) is 25.1 Å². The molecule has 2 aromatic rings. The molecule has 1 aromatic carbocycles. The van der Waals surface area contributed by atoms with Gasteiger partial charge < -0.3 is 0 Å². The van der Waals surface area contributed by atoms with Crippen molar-refractivity contribution in [2.75, 3.05) is 0 Å². The molecule has 0 radical (unpaired) electrons. The molecule has 3 nitrogen and oxygen atoms in total. The van der Waals surface area contributed by atoms with Crippen molar-refractivity contribution in [3.05, 3.63) is 63.9 Å². The van der Waals surface area contributed by atoms with Crippen LogP contribution in [-0.2, 0) is 0 Å². The van der Waals surface area contributed by atoms with E-state index in [1.54, 1.807) is 30.5 Å². The van der Waals surface area contributed by atoms with E-state index >= 15 is 0 Å². The maximum absolute atomic E-state index is 12.5. The molecule has 0 aliphatic heterocycles. The van der Waals surface area contributed by atoms with E-state index < -0.39 is 5.92 Å². The van der Waals surface area contributed by atoms with E-state index in [2.05, 4.69) is 20.9 Å². The predicted octanol–water partition coefficient (Wildman–Crippen LogP) is 3.64. The minimum Gasteiger partial charge on any atom is -0.292 e. The molecule has 0 bridgehead atoms. The number of pyridine rings is 1. The van der Waals surface area contributed by atoms with Gasteiger partial charge in [0.25, 0.3) is 0 Å². The highest BCUT2D eigenvalue weighted by Crippen LogP contribution is 2.25. The Hall–Kier alpha value is -1.99. The fourth-order valence-electron chi connectivity index (χ4n) is 1.79. The number of halogens is 1. The van der Waals surface area contributed by atoms with Gasteiger partial charge in [0, 0.05) is 16.2 Å². The van der Waals surface area contributed by atoms with Crippen LogP contribution in [0.3, 0.4) is 0 Å². The zero-order valence-electron chi connectivity index (χ0n) is 10.3. The van der Waals surface area contributed by atoms with Crippen LogP contribution in [0.15, 0.2) is 47.1 Å². The Balaban J connectivity index is 2.43. The Morgan fingerprint density at radius 2 is 2.16 bits per heavy atom.